The van der Waals surface area contributed by atoms with E-state index in [-0.39, 0.29) is 6.54 Å². The van der Waals surface area contributed by atoms with Crippen LogP contribution in [-0.4, -0.2) is 43.3 Å². The molecule has 0 unspecified atom stereocenters. The number of aliphatic hydroxyl groups is 1. The summed E-state index contributed by atoms with van der Waals surface area (Å²) in [4.78, 5) is 27.2. The summed E-state index contributed by atoms with van der Waals surface area (Å²) in [5.74, 6) is -1.52. The molecule has 0 aliphatic carbocycles. The van der Waals surface area contributed by atoms with Gasteiger partial charge in [-0.05, 0) is 42.0 Å². The van der Waals surface area contributed by atoms with Crippen LogP contribution in [0.25, 0.3) is 0 Å². The van der Waals surface area contributed by atoms with Crippen LogP contribution in [-0.2, 0) is 16.0 Å². The first-order valence-electron chi connectivity index (χ1n) is 8.74. The Bertz CT molecular complexity index is 856. The number of likely N-dealkylation sites (N-methyl/N-ethyl adjacent to an activating group) is 1. The van der Waals surface area contributed by atoms with Gasteiger partial charge in [0.1, 0.15) is 0 Å². The van der Waals surface area contributed by atoms with Crippen LogP contribution in [0, 0.1) is 0 Å². The first-order valence-corrected chi connectivity index (χ1v) is 9.96. The Kier molecular flexibility index (Phi) is 6.03. The molecule has 1 atom stereocenters. The Hall–Kier alpha value is -2.51. The van der Waals surface area contributed by atoms with E-state index in [1.807, 2.05) is 43.6 Å². The molecule has 6 nitrogen and oxygen atoms in total. The van der Waals surface area contributed by atoms with E-state index >= 15 is 0 Å². The second-order valence-electron chi connectivity index (χ2n) is 6.44. The number of thioether (sulfide) groups is 1. The standard InChI is InChI=1S/C20H23N3O3S/c1-23-10-9-13-11-14(7-8-16(13)23)17(24)12-21-19(25)20(26)22-15-5-3-4-6-18(15)27-2/h3-8,11,17,24H,9-10,12H2,1-2H3,(H,21,25)(H,22,26)/t17-/m1/s1. The molecule has 2 aromatic carbocycles. The predicted molar refractivity (Wildman–Crippen MR) is 108 cm³/mol. The minimum atomic E-state index is -0.864. The van der Waals surface area contributed by atoms with E-state index < -0.39 is 17.9 Å². The number of hydrogen-bond acceptors (Lipinski definition) is 5. The number of para-hydroxylation sites is 1. The average Bonchev–Trinajstić information content (AvgIpc) is 3.06. The van der Waals surface area contributed by atoms with Gasteiger partial charge in [0.25, 0.3) is 0 Å². The average molecular weight is 385 g/mol. The van der Waals surface area contributed by atoms with Gasteiger partial charge in [0.15, 0.2) is 0 Å². The second kappa shape index (κ2) is 8.45. The molecule has 0 fully saturated rings. The Morgan fingerprint density at radius 2 is 2.00 bits per heavy atom. The Morgan fingerprint density at radius 1 is 1.22 bits per heavy atom. The van der Waals surface area contributed by atoms with Crippen molar-refractivity contribution < 1.29 is 14.7 Å². The van der Waals surface area contributed by atoms with Crippen molar-refractivity contribution in [2.45, 2.75) is 17.4 Å². The molecule has 2 amide bonds. The lowest BCUT2D eigenvalue weighted by Gasteiger charge is -2.15. The maximum Gasteiger partial charge on any atom is 0.313 e. The van der Waals surface area contributed by atoms with Crippen molar-refractivity contribution in [3.05, 3.63) is 53.6 Å². The first-order chi connectivity index (χ1) is 13.0. The number of amides is 2. The fourth-order valence-electron chi connectivity index (χ4n) is 3.11. The second-order valence-corrected chi connectivity index (χ2v) is 7.29. The van der Waals surface area contributed by atoms with Gasteiger partial charge in [0.05, 0.1) is 11.8 Å². The third kappa shape index (κ3) is 4.43. The Morgan fingerprint density at radius 3 is 2.78 bits per heavy atom. The van der Waals surface area contributed by atoms with Gasteiger partial charge in [-0.3, -0.25) is 9.59 Å². The van der Waals surface area contributed by atoms with Gasteiger partial charge in [-0.15, -0.1) is 11.8 Å². The topological polar surface area (TPSA) is 81.7 Å². The highest BCUT2D eigenvalue weighted by Crippen LogP contribution is 2.29. The number of carbonyl (C=O) groups is 2. The number of fused-ring (bicyclic) bond motifs is 1. The number of aliphatic hydroxyl groups excluding tert-OH is 1. The molecule has 3 N–H and O–H groups in total. The molecule has 2 aromatic rings. The maximum atomic E-state index is 12.1. The van der Waals surface area contributed by atoms with Crippen LogP contribution in [0.4, 0.5) is 11.4 Å². The lowest BCUT2D eigenvalue weighted by molar-refractivity contribution is -0.136. The van der Waals surface area contributed by atoms with E-state index in [0.717, 1.165) is 23.4 Å². The van der Waals surface area contributed by atoms with Crippen LogP contribution in [0.3, 0.4) is 0 Å². The number of benzene rings is 2. The fourth-order valence-corrected chi connectivity index (χ4v) is 3.66. The molecule has 0 saturated heterocycles. The number of nitrogens with one attached hydrogen (secondary N) is 2. The van der Waals surface area contributed by atoms with Crippen molar-refractivity contribution in [2.75, 3.05) is 36.6 Å². The monoisotopic (exact) mass is 385 g/mol. The summed E-state index contributed by atoms with van der Waals surface area (Å²) >= 11 is 1.48. The third-order valence-corrected chi connectivity index (χ3v) is 5.43. The highest BCUT2D eigenvalue weighted by atomic mass is 32.2. The largest absolute Gasteiger partial charge is 0.387 e. The third-order valence-electron chi connectivity index (χ3n) is 4.63. The molecular formula is C20H23N3O3S. The normalized spacial score (nSPS) is 13.8. The zero-order valence-electron chi connectivity index (χ0n) is 15.4. The van der Waals surface area contributed by atoms with Crippen LogP contribution in [0.15, 0.2) is 47.4 Å². The van der Waals surface area contributed by atoms with E-state index in [4.69, 9.17) is 0 Å². The van der Waals surface area contributed by atoms with Crippen molar-refractivity contribution in [1.29, 1.82) is 0 Å². The van der Waals surface area contributed by atoms with E-state index in [2.05, 4.69) is 15.5 Å². The molecule has 27 heavy (non-hydrogen) atoms. The minimum absolute atomic E-state index is 0.0228. The molecule has 7 heteroatoms. The molecule has 0 spiro atoms. The van der Waals surface area contributed by atoms with Crippen molar-refractivity contribution >= 4 is 35.0 Å². The summed E-state index contributed by atoms with van der Waals surface area (Å²) in [6.45, 7) is 0.939. The van der Waals surface area contributed by atoms with Crippen molar-refractivity contribution in [1.82, 2.24) is 5.32 Å². The quantitative estimate of drug-likeness (QED) is 0.543. The molecule has 1 aliphatic rings. The number of anilines is 2. The fraction of sp³-hybridized carbons (Fsp3) is 0.300. The number of carbonyl (C=O) groups excluding carboxylic acids is 2. The van der Waals surface area contributed by atoms with Gasteiger partial charge in [0, 0.05) is 30.7 Å². The summed E-state index contributed by atoms with van der Waals surface area (Å²) < 4.78 is 0. The molecule has 0 bridgehead atoms. The van der Waals surface area contributed by atoms with E-state index in [0.29, 0.717) is 5.69 Å². The molecule has 0 saturated carbocycles. The van der Waals surface area contributed by atoms with Crippen molar-refractivity contribution in [2.24, 2.45) is 0 Å². The van der Waals surface area contributed by atoms with Gasteiger partial charge in [0.2, 0.25) is 0 Å². The molecule has 142 valence electrons. The number of rotatable bonds is 5. The molecule has 0 aromatic heterocycles. The summed E-state index contributed by atoms with van der Waals surface area (Å²) in [5.41, 5.74) is 3.68. The smallest absolute Gasteiger partial charge is 0.313 e. The minimum Gasteiger partial charge on any atom is -0.387 e. The molecule has 0 radical (unpaired) electrons. The predicted octanol–water partition coefficient (Wildman–Crippen LogP) is 2.19. The lowest BCUT2D eigenvalue weighted by Crippen LogP contribution is -2.37. The van der Waals surface area contributed by atoms with Crippen LogP contribution >= 0.6 is 11.8 Å². The first kappa shape index (κ1) is 19.3. The summed E-state index contributed by atoms with van der Waals surface area (Å²) in [6.07, 6.45) is 1.97. The van der Waals surface area contributed by atoms with E-state index in [1.165, 1.54) is 23.0 Å². The summed E-state index contributed by atoms with van der Waals surface area (Å²) in [7, 11) is 2.04. The van der Waals surface area contributed by atoms with Crippen LogP contribution in [0.1, 0.15) is 17.2 Å². The van der Waals surface area contributed by atoms with Gasteiger partial charge >= 0.3 is 11.8 Å². The maximum absolute atomic E-state index is 12.1. The molecular weight excluding hydrogens is 362 g/mol. The van der Waals surface area contributed by atoms with Crippen molar-refractivity contribution in [3.8, 4) is 0 Å². The van der Waals surface area contributed by atoms with Crippen LogP contribution < -0.4 is 15.5 Å². The van der Waals surface area contributed by atoms with Crippen LogP contribution in [0.5, 0.6) is 0 Å². The van der Waals surface area contributed by atoms with Gasteiger partial charge in [-0.2, -0.15) is 0 Å². The highest BCUT2D eigenvalue weighted by molar-refractivity contribution is 7.98. The highest BCUT2D eigenvalue weighted by Gasteiger charge is 2.20. The molecule has 1 aliphatic heterocycles. The Balaban J connectivity index is 1.56. The lowest BCUT2D eigenvalue weighted by atomic mass is 10.0. The zero-order valence-corrected chi connectivity index (χ0v) is 16.2. The Labute approximate surface area is 163 Å². The van der Waals surface area contributed by atoms with Crippen LogP contribution in [0.2, 0.25) is 0 Å². The molecule has 1 heterocycles. The van der Waals surface area contributed by atoms with E-state index in [9.17, 15) is 14.7 Å². The SMILES string of the molecule is CSc1ccccc1NC(=O)C(=O)NC[C@@H](O)c1ccc2c(c1)CCN2C. The van der Waals surface area contributed by atoms with Gasteiger partial charge < -0.3 is 20.6 Å². The molecule has 3 rings (SSSR count). The van der Waals surface area contributed by atoms with E-state index in [1.54, 1.807) is 12.1 Å². The van der Waals surface area contributed by atoms with Crippen molar-refractivity contribution in [3.63, 3.8) is 0 Å². The number of hydrogen-bond donors (Lipinski definition) is 3. The number of nitrogens with zero attached hydrogens (tertiary/aromatic N) is 1. The van der Waals surface area contributed by atoms with Gasteiger partial charge in [-0.1, -0.05) is 24.3 Å². The zero-order chi connectivity index (χ0) is 19.4. The summed E-state index contributed by atoms with van der Waals surface area (Å²) in [6, 6.07) is 13.1. The van der Waals surface area contributed by atoms with Gasteiger partial charge in [-0.25, -0.2) is 0 Å². The summed E-state index contributed by atoms with van der Waals surface area (Å²) in [5, 5.41) is 15.5.